The van der Waals surface area contributed by atoms with Crippen molar-refractivity contribution in [3.8, 4) is 0 Å². The highest BCUT2D eigenvalue weighted by Gasteiger charge is 2.35. The Bertz CT molecular complexity index is 321. The summed E-state index contributed by atoms with van der Waals surface area (Å²) in [6.07, 6.45) is 2.03. The van der Waals surface area contributed by atoms with Gasteiger partial charge in [-0.15, -0.1) is 0 Å². The Morgan fingerprint density at radius 2 is 2.06 bits per heavy atom. The first-order chi connectivity index (χ1) is 7.20. The predicted octanol–water partition coefficient (Wildman–Crippen LogP) is 0.621. The molecule has 0 unspecified atom stereocenters. The standard InChI is InChI=1S/C10H22N2O3S/c1-10(2,3)9-8(5-4-6-15-9)7-12-16(11,13)14/h8-9,12H,4-7H2,1-3H3,(H2,11,13,14)/t8-,9-/m0/s1. The Morgan fingerprint density at radius 1 is 1.44 bits per heavy atom. The summed E-state index contributed by atoms with van der Waals surface area (Å²) in [5, 5.41) is 4.93. The Kier molecular flexibility index (Phi) is 4.34. The fourth-order valence-corrected chi connectivity index (χ4v) is 2.68. The average molecular weight is 250 g/mol. The zero-order chi connectivity index (χ0) is 12.4. The van der Waals surface area contributed by atoms with Crippen LogP contribution in [0.5, 0.6) is 0 Å². The van der Waals surface area contributed by atoms with Crippen LogP contribution in [0.25, 0.3) is 0 Å². The molecule has 0 aromatic heterocycles. The molecular formula is C10H22N2O3S. The molecule has 0 aliphatic carbocycles. The lowest BCUT2D eigenvalue weighted by molar-refractivity contribution is -0.0833. The number of ether oxygens (including phenoxy) is 1. The third kappa shape index (κ3) is 4.37. The van der Waals surface area contributed by atoms with E-state index < -0.39 is 10.2 Å². The van der Waals surface area contributed by atoms with E-state index in [1.54, 1.807) is 0 Å². The average Bonchev–Trinajstić information content (AvgIpc) is 2.12. The van der Waals surface area contributed by atoms with E-state index >= 15 is 0 Å². The number of hydrogen-bond acceptors (Lipinski definition) is 3. The van der Waals surface area contributed by atoms with Crippen molar-refractivity contribution in [2.45, 2.75) is 39.7 Å². The third-order valence-electron chi connectivity index (χ3n) is 2.85. The highest BCUT2D eigenvalue weighted by Crippen LogP contribution is 2.33. The highest BCUT2D eigenvalue weighted by atomic mass is 32.2. The molecule has 0 bridgehead atoms. The van der Waals surface area contributed by atoms with E-state index in [9.17, 15) is 8.42 Å². The van der Waals surface area contributed by atoms with Gasteiger partial charge in [0.05, 0.1) is 6.10 Å². The van der Waals surface area contributed by atoms with Crippen LogP contribution < -0.4 is 9.86 Å². The largest absolute Gasteiger partial charge is 0.377 e. The smallest absolute Gasteiger partial charge is 0.274 e. The van der Waals surface area contributed by atoms with Gasteiger partial charge in [-0.25, -0.2) is 9.86 Å². The first-order valence-corrected chi connectivity index (χ1v) is 7.14. The van der Waals surface area contributed by atoms with E-state index in [0.717, 1.165) is 19.4 Å². The third-order valence-corrected chi connectivity index (χ3v) is 3.41. The fourth-order valence-electron chi connectivity index (χ4n) is 2.23. The molecule has 3 N–H and O–H groups in total. The second-order valence-corrected chi connectivity index (χ2v) is 6.83. The quantitative estimate of drug-likeness (QED) is 0.770. The van der Waals surface area contributed by atoms with Crippen molar-refractivity contribution in [2.75, 3.05) is 13.2 Å². The Hall–Kier alpha value is -0.170. The molecule has 1 heterocycles. The van der Waals surface area contributed by atoms with Crippen molar-refractivity contribution in [2.24, 2.45) is 16.5 Å². The lowest BCUT2D eigenvalue weighted by atomic mass is 9.78. The van der Waals surface area contributed by atoms with E-state index in [1.807, 2.05) is 0 Å². The van der Waals surface area contributed by atoms with Crippen LogP contribution in [0.2, 0.25) is 0 Å². The van der Waals surface area contributed by atoms with Crippen LogP contribution in [0.1, 0.15) is 33.6 Å². The summed E-state index contributed by atoms with van der Waals surface area (Å²) < 4.78 is 29.8. The van der Waals surface area contributed by atoms with E-state index in [4.69, 9.17) is 9.88 Å². The van der Waals surface area contributed by atoms with E-state index in [2.05, 4.69) is 25.5 Å². The van der Waals surface area contributed by atoms with Crippen molar-refractivity contribution < 1.29 is 13.2 Å². The maximum atomic E-state index is 10.9. The maximum absolute atomic E-state index is 10.9. The van der Waals surface area contributed by atoms with Crippen molar-refractivity contribution in [1.29, 1.82) is 0 Å². The Balaban J connectivity index is 2.61. The predicted molar refractivity (Wildman–Crippen MR) is 63.0 cm³/mol. The van der Waals surface area contributed by atoms with Gasteiger partial charge in [0.1, 0.15) is 0 Å². The molecule has 6 heteroatoms. The van der Waals surface area contributed by atoms with Gasteiger partial charge in [0, 0.05) is 13.2 Å². The minimum Gasteiger partial charge on any atom is -0.377 e. The van der Waals surface area contributed by atoms with Crippen LogP contribution in [0.15, 0.2) is 0 Å². The lowest BCUT2D eigenvalue weighted by Crippen LogP contribution is -2.46. The molecule has 1 aliphatic heterocycles. The van der Waals surface area contributed by atoms with Gasteiger partial charge in [-0.05, 0) is 24.2 Å². The topological polar surface area (TPSA) is 81.4 Å². The van der Waals surface area contributed by atoms with Crippen LogP contribution in [-0.2, 0) is 14.9 Å². The molecule has 1 saturated heterocycles. The molecule has 96 valence electrons. The monoisotopic (exact) mass is 250 g/mol. The van der Waals surface area contributed by atoms with Crippen molar-refractivity contribution in [3.05, 3.63) is 0 Å². The summed E-state index contributed by atoms with van der Waals surface area (Å²) >= 11 is 0. The van der Waals surface area contributed by atoms with Crippen LogP contribution in [0, 0.1) is 11.3 Å². The molecule has 16 heavy (non-hydrogen) atoms. The summed E-state index contributed by atoms with van der Waals surface area (Å²) in [6.45, 7) is 7.43. The zero-order valence-electron chi connectivity index (χ0n) is 10.2. The molecule has 0 amide bonds. The molecule has 0 saturated carbocycles. The highest BCUT2D eigenvalue weighted by molar-refractivity contribution is 7.87. The van der Waals surface area contributed by atoms with Gasteiger partial charge in [0.25, 0.3) is 10.2 Å². The summed E-state index contributed by atoms with van der Waals surface area (Å²) in [6, 6.07) is 0. The van der Waals surface area contributed by atoms with Crippen LogP contribution in [-0.4, -0.2) is 27.7 Å². The molecule has 0 spiro atoms. The van der Waals surface area contributed by atoms with E-state index in [0.29, 0.717) is 6.54 Å². The minimum atomic E-state index is -3.60. The summed E-state index contributed by atoms with van der Waals surface area (Å²) in [5.74, 6) is 0.201. The molecule has 1 rings (SSSR count). The van der Waals surface area contributed by atoms with Crippen molar-refractivity contribution >= 4 is 10.2 Å². The zero-order valence-corrected chi connectivity index (χ0v) is 11.0. The molecule has 0 aromatic carbocycles. The lowest BCUT2D eigenvalue weighted by Gasteiger charge is -2.40. The number of hydrogen-bond donors (Lipinski definition) is 2. The van der Waals surface area contributed by atoms with Gasteiger partial charge >= 0.3 is 0 Å². The van der Waals surface area contributed by atoms with Crippen LogP contribution in [0.3, 0.4) is 0 Å². The fraction of sp³-hybridized carbons (Fsp3) is 1.00. The molecular weight excluding hydrogens is 228 g/mol. The maximum Gasteiger partial charge on any atom is 0.274 e. The first kappa shape index (κ1) is 13.9. The van der Waals surface area contributed by atoms with Gasteiger partial charge in [-0.1, -0.05) is 20.8 Å². The van der Waals surface area contributed by atoms with Gasteiger partial charge in [-0.2, -0.15) is 8.42 Å². The van der Waals surface area contributed by atoms with Crippen LogP contribution in [0.4, 0.5) is 0 Å². The second-order valence-electron chi connectivity index (χ2n) is 5.45. The summed E-state index contributed by atoms with van der Waals surface area (Å²) in [7, 11) is -3.60. The van der Waals surface area contributed by atoms with Gasteiger partial charge in [0.15, 0.2) is 0 Å². The number of rotatable bonds is 3. The van der Waals surface area contributed by atoms with E-state index in [1.165, 1.54) is 0 Å². The molecule has 0 aromatic rings. The van der Waals surface area contributed by atoms with Gasteiger partial charge in [0.2, 0.25) is 0 Å². The van der Waals surface area contributed by atoms with Crippen molar-refractivity contribution in [3.63, 3.8) is 0 Å². The van der Waals surface area contributed by atoms with Gasteiger partial charge in [-0.3, -0.25) is 0 Å². The Labute approximate surface area is 97.9 Å². The number of nitrogens with one attached hydrogen (secondary N) is 1. The summed E-state index contributed by atoms with van der Waals surface area (Å²) in [5.41, 5.74) is 0.0190. The number of nitrogens with two attached hydrogens (primary N) is 1. The Morgan fingerprint density at radius 3 is 2.56 bits per heavy atom. The molecule has 2 atom stereocenters. The molecule has 1 fully saturated rings. The van der Waals surface area contributed by atoms with Crippen LogP contribution >= 0.6 is 0 Å². The minimum absolute atomic E-state index is 0.0190. The van der Waals surface area contributed by atoms with Gasteiger partial charge < -0.3 is 4.74 Å². The SMILES string of the molecule is CC(C)(C)[C@H]1OCCC[C@H]1CNS(N)(=O)=O. The normalized spacial score (nSPS) is 28.0. The molecule has 5 nitrogen and oxygen atoms in total. The van der Waals surface area contributed by atoms with Crippen molar-refractivity contribution in [1.82, 2.24) is 4.72 Å². The molecule has 1 aliphatic rings. The second kappa shape index (κ2) is 5.00. The summed E-state index contributed by atoms with van der Waals surface area (Å²) in [4.78, 5) is 0. The molecule has 0 radical (unpaired) electrons. The van der Waals surface area contributed by atoms with E-state index in [-0.39, 0.29) is 17.4 Å². The first-order valence-electron chi connectivity index (χ1n) is 5.59.